The van der Waals surface area contributed by atoms with Crippen LogP contribution in [0.1, 0.15) is 29.8 Å². The number of carbonyl (C=O) groups is 2. The van der Waals surface area contributed by atoms with Gasteiger partial charge < -0.3 is 19.5 Å². The Morgan fingerprint density at radius 3 is 2.36 bits per heavy atom. The first-order valence-electron chi connectivity index (χ1n) is 8.72. The van der Waals surface area contributed by atoms with Gasteiger partial charge in [-0.2, -0.15) is 0 Å². The van der Waals surface area contributed by atoms with Crippen molar-refractivity contribution in [3.63, 3.8) is 0 Å². The predicted octanol–water partition coefficient (Wildman–Crippen LogP) is 4.26. The van der Waals surface area contributed by atoms with Gasteiger partial charge in [-0.3, -0.25) is 9.59 Å². The molecule has 0 heterocycles. The van der Waals surface area contributed by atoms with Crippen LogP contribution in [0, 0.1) is 0 Å². The number of amides is 1. The number of benzene rings is 2. The van der Waals surface area contributed by atoms with E-state index in [1.165, 1.54) is 0 Å². The van der Waals surface area contributed by atoms with Crippen LogP contribution in [0.5, 0.6) is 11.5 Å². The zero-order valence-corrected chi connectivity index (χ0v) is 17.1. The van der Waals surface area contributed by atoms with Crippen LogP contribution in [0.4, 0.5) is 0 Å². The van der Waals surface area contributed by atoms with Gasteiger partial charge in [-0.15, -0.1) is 0 Å². The third kappa shape index (κ3) is 6.32. The first kappa shape index (κ1) is 21.9. The Morgan fingerprint density at radius 2 is 1.68 bits per heavy atom. The van der Waals surface area contributed by atoms with Crippen molar-refractivity contribution in [2.24, 2.45) is 0 Å². The molecule has 8 heteroatoms. The molecule has 0 radical (unpaired) electrons. The molecule has 2 aromatic carbocycles. The molecule has 2 aromatic rings. The van der Waals surface area contributed by atoms with Crippen molar-refractivity contribution in [1.29, 1.82) is 0 Å². The van der Waals surface area contributed by atoms with Gasteiger partial charge in [0.2, 0.25) is 0 Å². The Balaban J connectivity index is 1.90. The number of rotatable bonds is 9. The molecule has 2 rings (SSSR count). The fraction of sp³-hybridized carbons (Fsp3) is 0.300. The molecule has 0 aliphatic carbocycles. The van der Waals surface area contributed by atoms with E-state index in [9.17, 15) is 9.59 Å². The number of carbonyl (C=O) groups excluding carboxylic acids is 2. The summed E-state index contributed by atoms with van der Waals surface area (Å²) < 4.78 is 16.1. The van der Waals surface area contributed by atoms with Crippen LogP contribution in [0.3, 0.4) is 0 Å². The first-order chi connectivity index (χ1) is 13.4. The summed E-state index contributed by atoms with van der Waals surface area (Å²) in [5, 5.41) is 3.41. The van der Waals surface area contributed by atoms with E-state index in [-0.39, 0.29) is 13.2 Å². The minimum Gasteiger partial charge on any atom is -0.490 e. The second kappa shape index (κ2) is 10.8. The molecule has 1 N–H and O–H groups in total. The average Bonchev–Trinajstić information content (AvgIpc) is 2.67. The summed E-state index contributed by atoms with van der Waals surface area (Å²) in [4.78, 5) is 24.2. The van der Waals surface area contributed by atoms with Gasteiger partial charge in [0.1, 0.15) is 13.2 Å². The lowest BCUT2D eigenvalue weighted by Gasteiger charge is -2.12. The first-order valence-corrected chi connectivity index (χ1v) is 9.47. The standard InChI is InChI=1S/C20H21Cl2NO5/c1-3-26-17-8-6-13(9-18(17)27-4-2)20(25)23-11-19(24)28-12-14-5-7-15(21)10-16(14)22/h5-10H,3-4,11-12H2,1-2H3,(H,23,25). The summed E-state index contributed by atoms with van der Waals surface area (Å²) >= 11 is 11.9. The van der Waals surface area contributed by atoms with E-state index in [1.54, 1.807) is 36.4 Å². The summed E-state index contributed by atoms with van der Waals surface area (Å²) in [7, 11) is 0. The second-order valence-electron chi connectivity index (χ2n) is 5.61. The van der Waals surface area contributed by atoms with Gasteiger partial charge in [0.15, 0.2) is 11.5 Å². The molecule has 150 valence electrons. The number of esters is 1. The SMILES string of the molecule is CCOc1ccc(C(=O)NCC(=O)OCc2ccc(Cl)cc2Cl)cc1OCC. The molecular weight excluding hydrogens is 405 g/mol. The summed E-state index contributed by atoms with van der Waals surface area (Å²) in [6.07, 6.45) is 0. The van der Waals surface area contributed by atoms with Crippen LogP contribution < -0.4 is 14.8 Å². The van der Waals surface area contributed by atoms with Crippen LogP contribution in [0.2, 0.25) is 10.0 Å². The predicted molar refractivity (Wildman–Crippen MR) is 107 cm³/mol. The molecule has 0 aliphatic rings. The maximum atomic E-state index is 12.3. The van der Waals surface area contributed by atoms with Crippen molar-refractivity contribution in [3.05, 3.63) is 57.6 Å². The molecule has 0 bridgehead atoms. The summed E-state index contributed by atoms with van der Waals surface area (Å²) in [5.41, 5.74) is 0.971. The second-order valence-corrected chi connectivity index (χ2v) is 6.45. The zero-order valence-electron chi connectivity index (χ0n) is 15.6. The van der Waals surface area contributed by atoms with Crippen LogP contribution in [-0.4, -0.2) is 31.6 Å². The number of hydrogen-bond donors (Lipinski definition) is 1. The lowest BCUT2D eigenvalue weighted by molar-refractivity contribution is -0.143. The molecule has 6 nitrogen and oxygen atoms in total. The quantitative estimate of drug-likeness (QED) is 0.607. The maximum absolute atomic E-state index is 12.3. The fourth-order valence-corrected chi connectivity index (χ4v) is 2.76. The molecule has 0 spiro atoms. The third-order valence-corrected chi connectivity index (χ3v) is 4.19. The Bertz CT molecular complexity index is 841. The van der Waals surface area contributed by atoms with Crippen LogP contribution >= 0.6 is 23.2 Å². The number of ether oxygens (including phenoxy) is 3. The van der Waals surface area contributed by atoms with Crippen LogP contribution in [0.25, 0.3) is 0 Å². The summed E-state index contributed by atoms with van der Waals surface area (Å²) in [5.74, 6) is 0.0120. The molecule has 0 fully saturated rings. The third-order valence-electron chi connectivity index (χ3n) is 3.60. The number of hydrogen-bond acceptors (Lipinski definition) is 5. The molecule has 0 aromatic heterocycles. The smallest absolute Gasteiger partial charge is 0.325 e. The summed E-state index contributed by atoms with van der Waals surface area (Å²) in [6.45, 7) is 4.33. The highest BCUT2D eigenvalue weighted by Crippen LogP contribution is 2.28. The van der Waals surface area contributed by atoms with Gasteiger partial charge in [0.05, 0.1) is 13.2 Å². The van der Waals surface area contributed by atoms with Gasteiger partial charge in [-0.25, -0.2) is 0 Å². The molecule has 0 unspecified atom stereocenters. The van der Waals surface area contributed by atoms with E-state index < -0.39 is 11.9 Å². The highest BCUT2D eigenvalue weighted by Gasteiger charge is 2.13. The van der Waals surface area contributed by atoms with E-state index in [1.807, 2.05) is 13.8 Å². The summed E-state index contributed by atoms with van der Waals surface area (Å²) in [6, 6.07) is 9.72. The van der Waals surface area contributed by atoms with E-state index >= 15 is 0 Å². The lowest BCUT2D eigenvalue weighted by atomic mass is 10.2. The van der Waals surface area contributed by atoms with Crippen molar-refractivity contribution in [1.82, 2.24) is 5.32 Å². The topological polar surface area (TPSA) is 73.9 Å². The van der Waals surface area contributed by atoms with Gasteiger partial charge in [0.25, 0.3) is 5.91 Å². The number of halogens is 2. The van der Waals surface area contributed by atoms with Crippen LogP contribution in [-0.2, 0) is 16.1 Å². The largest absolute Gasteiger partial charge is 0.490 e. The van der Waals surface area contributed by atoms with Gasteiger partial charge in [0, 0.05) is 21.2 Å². The molecule has 0 atom stereocenters. The van der Waals surface area contributed by atoms with E-state index in [4.69, 9.17) is 37.4 Å². The maximum Gasteiger partial charge on any atom is 0.325 e. The number of nitrogens with one attached hydrogen (secondary N) is 1. The van der Waals surface area contributed by atoms with E-state index in [2.05, 4.69) is 5.32 Å². The van der Waals surface area contributed by atoms with E-state index in [0.717, 1.165) is 0 Å². The minimum absolute atomic E-state index is 0.0117. The highest BCUT2D eigenvalue weighted by atomic mass is 35.5. The molecule has 28 heavy (non-hydrogen) atoms. The normalized spacial score (nSPS) is 10.3. The van der Waals surface area contributed by atoms with Crippen molar-refractivity contribution < 1.29 is 23.8 Å². The average molecular weight is 426 g/mol. The Kier molecular flexibility index (Phi) is 8.42. The van der Waals surface area contributed by atoms with Gasteiger partial charge in [-0.05, 0) is 44.2 Å². The Labute approximate surface area is 173 Å². The van der Waals surface area contributed by atoms with Crippen molar-refractivity contribution in [2.75, 3.05) is 19.8 Å². The molecule has 1 amide bonds. The minimum atomic E-state index is -0.588. The van der Waals surface area contributed by atoms with Crippen molar-refractivity contribution >= 4 is 35.1 Å². The Hall–Kier alpha value is -2.44. The van der Waals surface area contributed by atoms with Crippen LogP contribution in [0.15, 0.2) is 36.4 Å². The lowest BCUT2D eigenvalue weighted by Crippen LogP contribution is -2.30. The van der Waals surface area contributed by atoms with Crippen molar-refractivity contribution in [2.45, 2.75) is 20.5 Å². The Morgan fingerprint density at radius 1 is 0.964 bits per heavy atom. The van der Waals surface area contributed by atoms with Gasteiger partial charge in [-0.1, -0.05) is 29.3 Å². The molecular formula is C20H21Cl2NO5. The molecule has 0 saturated carbocycles. The fourth-order valence-electron chi connectivity index (χ4n) is 2.29. The monoisotopic (exact) mass is 425 g/mol. The highest BCUT2D eigenvalue weighted by molar-refractivity contribution is 6.35. The van der Waals surface area contributed by atoms with Gasteiger partial charge >= 0.3 is 5.97 Å². The van der Waals surface area contributed by atoms with E-state index in [0.29, 0.717) is 45.9 Å². The van der Waals surface area contributed by atoms with Crippen molar-refractivity contribution in [3.8, 4) is 11.5 Å². The molecule has 0 aliphatic heterocycles. The molecule has 0 saturated heterocycles. The zero-order chi connectivity index (χ0) is 20.5.